The lowest BCUT2D eigenvalue weighted by Gasteiger charge is -2.07. The van der Waals surface area contributed by atoms with Gasteiger partial charge in [0.15, 0.2) is 4.32 Å². The molecule has 1 aliphatic heterocycles. The Morgan fingerprint density at radius 1 is 1.88 bits per heavy atom. The Hall–Kier alpha value is -0.0900. The minimum atomic E-state index is 0.554. The molecule has 4 heteroatoms. The van der Waals surface area contributed by atoms with Gasteiger partial charge in [-0.3, -0.25) is 0 Å². The van der Waals surface area contributed by atoms with Crippen molar-refractivity contribution < 1.29 is 0 Å². The molecule has 2 nitrogen and oxygen atoms in total. The highest BCUT2D eigenvalue weighted by molar-refractivity contribution is 8.10. The van der Waals surface area contributed by atoms with Crippen molar-refractivity contribution >= 4 is 35.4 Å². The molecule has 1 heterocycles. The summed E-state index contributed by atoms with van der Waals surface area (Å²) in [7, 11) is 0. The maximum atomic E-state index is 4.73. The van der Waals surface area contributed by atoms with E-state index < -0.39 is 0 Å². The second-order valence-electron chi connectivity index (χ2n) is 1.49. The molecule has 1 aliphatic rings. The third-order valence-electron chi connectivity index (χ3n) is 0.912. The first-order valence-corrected chi connectivity index (χ1v) is 3.19. The number of hydrazone groups is 1. The van der Waals surface area contributed by atoms with Gasteiger partial charge in [-0.15, -0.1) is 12.6 Å². The Bertz CT molecular complexity index is 132. The van der Waals surface area contributed by atoms with Crippen molar-refractivity contribution in [2.45, 2.75) is 6.42 Å². The molecule has 0 aromatic rings. The summed E-state index contributed by atoms with van der Waals surface area (Å²) in [5, 5.41) is 5.62. The fraction of sp³-hybridized carbons (Fsp3) is 0.500. The van der Waals surface area contributed by atoms with Crippen LogP contribution in [-0.2, 0) is 0 Å². The maximum absolute atomic E-state index is 4.73. The van der Waals surface area contributed by atoms with Crippen LogP contribution in [0.5, 0.6) is 0 Å². The Kier molecular flexibility index (Phi) is 1.85. The molecule has 0 N–H and O–H groups in total. The van der Waals surface area contributed by atoms with Gasteiger partial charge in [0.25, 0.3) is 0 Å². The zero-order chi connectivity index (χ0) is 5.98. The largest absolute Gasteiger partial charge is 0.249 e. The molecule has 0 radical (unpaired) electrons. The highest BCUT2D eigenvalue weighted by Gasteiger charge is 2.05. The van der Waals surface area contributed by atoms with Crippen molar-refractivity contribution in [3.63, 3.8) is 0 Å². The van der Waals surface area contributed by atoms with Crippen molar-refractivity contribution in [2.75, 3.05) is 6.54 Å². The number of hydrogen-bond donors (Lipinski definition) is 1. The van der Waals surface area contributed by atoms with Gasteiger partial charge in [-0.25, -0.2) is 5.01 Å². The van der Waals surface area contributed by atoms with Crippen molar-refractivity contribution in [2.24, 2.45) is 5.10 Å². The lowest BCUT2D eigenvalue weighted by molar-refractivity contribution is 0.510. The first-order valence-electron chi connectivity index (χ1n) is 2.33. The predicted octanol–water partition coefficient (Wildman–Crippen LogP) is 0.893. The fourth-order valence-electron chi connectivity index (χ4n) is 0.539. The number of thiocarbonyl (C=S) groups is 1. The molecule has 0 amide bonds. The molecular weight excluding hydrogens is 140 g/mol. The molecule has 0 spiro atoms. The van der Waals surface area contributed by atoms with E-state index in [1.807, 2.05) is 6.21 Å². The first kappa shape index (κ1) is 6.04. The van der Waals surface area contributed by atoms with Crippen LogP contribution >= 0.6 is 24.8 Å². The molecule has 0 fully saturated rings. The summed E-state index contributed by atoms with van der Waals surface area (Å²) < 4.78 is 0.554. The van der Waals surface area contributed by atoms with Gasteiger partial charge in [0.1, 0.15) is 0 Å². The Morgan fingerprint density at radius 3 is 2.88 bits per heavy atom. The SMILES string of the molecule is S=C(S)N1CCC=N1. The summed E-state index contributed by atoms with van der Waals surface area (Å²) in [6.45, 7) is 0.891. The lowest BCUT2D eigenvalue weighted by Crippen LogP contribution is -2.15. The zero-order valence-corrected chi connectivity index (χ0v) is 5.95. The smallest absolute Gasteiger partial charge is 0.153 e. The van der Waals surface area contributed by atoms with Gasteiger partial charge in [-0.2, -0.15) is 5.10 Å². The van der Waals surface area contributed by atoms with Crippen molar-refractivity contribution in [1.29, 1.82) is 0 Å². The van der Waals surface area contributed by atoms with E-state index >= 15 is 0 Å². The van der Waals surface area contributed by atoms with E-state index in [1.54, 1.807) is 5.01 Å². The van der Waals surface area contributed by atoms with Gasteiger partial charge in [0.05, 0.1) is 0 Å². The van der Waals surface area contributed by atoms with Crippen LogP contribution in [0.2, 0.25) is 0 Å². The van der Waals surface area contributed by atoms with Crippen molar-refractivity contribution in [1.82, 2.24) is 5.01 Å². The third-order valence-corrected chi connectivity index (χ3v) is 1.35. The molecule has 0 unspecified atom stereocenters. The van der Waals surface area contributed by atoms with Gasteiger partial charge in [0.2, 0.25) is 0 Å². The van der Waals surface area contributed by atoms with E-state index in [9.17, 15) is 0 Å². The van der Waals surface area contributed by atoms with Crippen LogP contribution in [0.25, 0.3) is 0 Å². The Balaban J connectivity index is 2.48. The van der Waals surface area contributed by atoms with Crippen LogP contribution < -0.4 is 0 Å². The van der Waals surface area contributed by atoms with Gasteiger partial charge < -0.3 is 0 Å². The van der Waals surface area contributed by atoms with E-state index in [1.165, 1.54) is 0 Å². The van der Waals surface area contributed by atoms with Gasteiger partial charge in [-0.1, -0.05) is 12.2 Å². The van der Waals surface area contributed by atoms with Crippen LogP contribution in [0.15, 0.2) is 5.10 Å². The standard InChI is InChI=1S/C4H6N2S2/c7-4(8)6-3-1-2-5-6/h2H,1,3H2,(H,7,8). The lowest BCUT2D eigenvalue weighted by atomic mass is 10.5. The molecular formula is C4H6N2S2. The summed E-state index contributed by atoms with van der Waals surface area (Å²) in [6, 6.07) is 0. The van der Waals surface area contributed by atoms with Gasteiger partial charge in [-0.05, 0) is 0 Å². The van der Waals surface area contributed by atoms with Crippen LogP contribution in [0.4, 0.5) is 0 Å². The zero-order valence-electron chi connectivity index (χ0n) is 4.24. The number of rotatable bonds is 0. The van der Waals surface area contributed by atoms with Crippen LogP contribution in [-0.4, -0.2) is 22.1 Å². The molecule has 0 saturated heterocycles. The molecule has 0 aromatic heterocycles. The fourth-order valence-corrected chi connectivity index (χ4v) is 0.829. The van der Waals surface area contributed by atoms with Gasteiger partial charge >= 0.3 is 0 Å². The molecule has 0 aliphatic carbocycles. The predicted molar refractivity (Wildman–Crippen MR) is 41.4 cm³/mol. The summed E-state index contributed by atoms with van der Waals surface area (Å²) >= 11 is 8.67. The first-order chi connectivity index (χ1) is 3.80. The van der Waals surface area contributed by atoms with E-state index in [0.717, 1.165) is 13.0 Å². The van der Waals surface area contributed by atoms with Crippen LogP contribution in [0.1, 0.15) is 6.42 Å². The van der Waals surface area contributed by atoms with Crippen molar-refractivity contribution in [3.8, 4) is 0 Å². The second kappa shape index (κ2) is 2.46. The molecule has 0 bridgehead atoms. The highest BCUT2D eigenvalue weighted by Crippen LogP contribution is 2.02. The minimum absolute atomic E-state index is 0.554. The van der Waals surface area contributed by atoms with Crippen LogP contribution in [0.3, 0.4) is 0 Å². The highest BCUT2D eigenvalue weighted by atomic mass is 32.1. The van der Waals surface area contributed by atoms with Gasteiger partial charge in [0, 0.05) is 19.2 Å². The Labute approximate surface area is 59.0 Å². The van der Waals surface area contributed by atoms with E-state index in [4.69, 9.17) is 12.2 Å². The topological polar surface area (TPSA) is 15.6 Å². The summed E-state index contributed by atoms with van der Waals surface area (Å²) in [4.78, 5) is 0. The van der Waals surface area contributed by atoms with E-state index in [0.29, 0.717) is 4.32 Å². The quantitative estimate of drug-likeness (QED) is 0.403. The molecule has 44 valence electrons. The summed E-state index contributed by atoms with van der Waals surface area (Å²) in [5.41, 5.74) is 0. The van der Waals surface area contributed by atoms with E-state index in [-0.39, 0.29) is 0 Å². The average molecular weight is 146 g/mol. The summed E-state index contributed by atoms with van der Waals surface area (Å²) in [5.74, 6) is 0. The number of nitrogens with zero attached hydrogens (tertiary/aromatic N) is 2. The number of thiol groups is 1. The molecule has 0 atom stereocenters. The van der Waals surface area contributed by atoms with Crippen LogP contribution in [0, 0.1) is 0 Å². The normalized spacial score (nSPS) is 17.4. The minimum Gasteiger partial charge on any atom is -0.249 e. The molecule has 0 saturated carbocycles. The third kappa shape index (κ3) is 1.20. The average Bonchev–Trinajstić information content (AvgIpc) is 2.12. The Morgan fingerprint density at radius 2 is 2.62 bits per heavy atom. The van der Waals surface area contributed by atoms with E-state index in [2.05, 4.69) is 17.7 Å². The summed E-state index contributed by atoms with van der Waals surface area (Å²) in [6.07, 6.45) is 2.82. The molecule has 1 rings (SSSR count). The second-order valence-corrected chi connectivity index (χ2v) is 2.61. The maximum Gasteiger partial charge on any atom is 0.153 e. The molecule has 8 heavy (non-hydrogen) atoms. The number of hydrogen-bond acceptors (Lipinski definition) is 2. The monoisotopic (exact) mass is 146 g/mol. The molecule has 0 aromatic carbocycles. The van der Waals surface area contributed by atoms with Crippen molar-refractivity contribution in [3.05, 3.63) is 0 Å².